The van der Waals surface area contributed by atoms with Gasteiger partial charge in [-0.15, -0.1) is 0 Å². The lowest BCUT2D eigenvalue weighted by atomic mass is 10.3. The van der Waals surface area contributed by atoms with Gasteiger partial charge in [0.05, 0.1) is 19.0 Å². The van der Waals surface area contributed by atoms with Gasteiger partial charge in [0.1, 0.15) is 23.8 Å². The number of imidazole rings is 1. The number of aliphatic hydroxyl groups is 1. The van der Waals surface area contributed by atoms with E-state index < -0.39 is 19.1 Å². The fourth-order valence-electron chi connectivity index (χ4n) is 2.19. The summed E-state index contributed by atoms with van der Waals surface area (Å²) in [6.45, 7) is 1.50. The largest absolute Gasteiger partial charge is 0.390 e. The summed E-state index contributed by atoms with van der Waals surface area (Å²) in [5, 5.41) is 9.81. The van der Waals surface area contributed by atoms with Gasteiger partial charge in [0.25, 0.3) is 0 Å². The zero-order valence-corrected chi connectivity index (χ0v) is 12.3. The number of ether oxygens (including phenoxy) is 1. The number of nitrogen functional groups attached to an aromatic ring is 1. The van der Waals surface area contributed by atoms with E-state index in [2.05, 4.69) is 15.0 Å². The summed E-state index contributed by atoms with van der Waals surface area (Å²) in [7, 11) is -3.30. The predicted octanol–water partition coefficient (Wildman–Crippen LogP) is -0.214. The Bertz CT molecular complexity index is 728. The molecule has 3 unspecified atom stereocenters. The Balaban J connectivity index is 1.84. The van der Waals surface area contributed by atoms with E-state index in [0.29, 0.717) is 17.6 Å². The molecule has 21 heavy (non-hydrogen) atoms. The van der Waals surface area contributed by atoms with Crippen LogP contribution in [0, 0.1) is 0 Å². The van der Waals surface area contributed by atoms with Gasteiger partial charge in [-0.3, -0.25) is 4.57 Å². The highest BCUT2D eigenvalue weighted by Gasteiger charge is 2.56. The Labute approximate surface area is 120 Å². The molecule has 0 saturated heterocycles. The Morgan fingerprint density at radius 2 is 2.29 bits per heavy atom. The van der Waals surface area contributed by atoms with Crippen molar-refractivity contribution in [3.8, 4) is 0 Å². The summed E-state index contributed by atoms with van der Waals surface area (Å²) >= 11 is 0. The Morgan fingerprint density at radius 1 is 1.57 bits per heavy atom. The molecule has 3 rings (SSSR count). The van der Waals surface area contributed by atoms with E-state index in [-0.39, 0.29) is 18.7 Å². The fourth-order valence-corrected chi connectivity index (χ4v) is 2.69. The van der Waals surface area contributed by atoms with Crippen LogP contribution in [0.1, 0.15) is 6.42 Å². The lowest BCUT2D eigenvalue weighted by Gasteiger charge is -2.19. The standard InChI is InChI=1S/C11H16N5O4P/c1-21(18,19)6-20-11(2-7(11)17)3-16-5-15-8-9(12)13-4-14-10(8)16/h4-5,7,17H,2-3,6H2,1H3,(H,18,19)(H2,12,13,14). The third kappa shape index (κ3) is 2.77. The number of fused-ring (bicyclic) bond motifs is 1. The molecule has 114 valence electrons. The Morgan fingerprint density at radius 3 is 2.90 bits per heavy atom. The van der Waals surface area contributed by atoms with Crippen LogP contribution in [0.25, 0.3) is 11.2 Å². The highest BCUT2D eigenvalue weighted by molar-refractivity contribution is 7.56. The van der Waals surface area contributed by atoms with Gasteiger partial charge in [0, 0.05) is 13.1 Å². The zero-order valence-electron chi connectivity index (χ0n) is 11.4. The molecule has 1 aliphatic carbocycles. The van der Waals surface area contributed by atoms with Crippen LogP contribution in [0.15, 0.2) is 12.7 Å². The van der Waals surface area contributed by atoms with Crippen molar-refractivity contribution >= 4 is 24.4 Å². The monoisotopic (exact) mass is 313 g/mol. The van der Waals surface area contributed by atoms with Crippen LogP contribution >= 0.6 is 7.37 Å². The molecule has 1 fully saturated rings. The highest BCUT2D eigenvalue weighted by atomic mass is 31.2. The van der Waals surface area contributed by atoms with Crippen molar-refractivity contribution in [2.24, 2.45) is 0 Å². The molecule has 0 radical (unpaired) electrons. The number of aromatic nitrogens is 4. The molecule has 0 amide bonds. The van der Waals surface area contributed by atoms with Crippen molar-refractivity contribution in [2.45, 2.75) is 24.7 Å². The van der Waals surface area contributed by atoms with Gasteiger partial charge in [0.2, 0.25) is 7.37 Å². The molecule has 2 aromatic rings. The van der Waals surface area contributed by atoms with E-state index in [4.69, 9.17) is 10.5 Å². The van der Waals surface area contributed by atoms with Crippen LogP contribution in [0.5, 0.6) is 0 Å². The molecule has 1 saturated carbocycles. The maximum atomic E-state index is 11.3. The molecule has 2 aromatic heterocycles. The topological polar surface area (TPSA) is 136 Å². The third-order valence-corrected chi connectivity index (χ3v) is 4.05. The molecule has 0 aromatic carbocycles. The molecule has 1 aliphatic rings. The second kappa shape index (κ2) is 4.74. The van der Waals surface area contributed by atoms with E-state index in [1.807, 2.05) is 0 Å². The number of anilines is 1. The molecular formula is C11H16N5O4P. The number of hydrogen-bond donors (Lipinski definition) is 3. The van der Waals surface area contributed by atoms with Gasteiger partial charge < -0.3 is 25.0 Å². The van der Waals surface area contributed by atoms with E-state index in [0.717, 1.165) is 0 Å². The minimum Gasteiger partial charge on any atom is -0.390 e. The lowest BCUT2D eigenvalue weighted by molar-refractivity contribution is 0.0104. The summed E-state index contributed by atoms with van der Waals surface area (Å²) in [4.78, 5) is 21.4. The van der Waals surface area contributed by atoms with Gasteiger partial charge in [0.15, 0.2) is 11.5 Å². The van der Waals surface area contributed by atoms with Crippen LogP contribution < -0.4 is 5.73 Å². The molecule has 10 heteroatoms. The second-order valence-electron chi connectivity index (χ2n) is 5.41. The molecule has 3 atom stereocenters. The van der Waals surface area contributed by atoms with Crippen LogP contribution in [0.4, 0.5) is 5.82 Å². The quantitative estimate of drug-likeness (QED) is 0.645. The first-order valence-corrected chi connectivity index (χ1v) is 8.63. The first-order chi connectivity index (χ1) is 9.81. The number of nitrogens with two attached hydrogens (primary N) is 1. The average molecular weight is 313 g/mol. The van der Waals surface area contributed by atoms with Gasteiger partial charge >= 0.3 is 0 Å². The van der Waals surface area contributed by atoms with Crippen molar-refractivity contribution in [1.82, 2.24) is 19.5 Å². The van der Waals surface area contributed by atoms with E-state index >= 15 is 0 Å². The smallest absolute Gasteiger partial charge is 0.222 e. The minimum atomic E-state index is -3.30. The van der Waals surface area contributed by atoms with Gasteiger partial charge in [-0.1, -0.05) is 0 Å². The summed E-state index contributed by atoms with van der Waals surface area (Å²) in [5.41, 5.74) is 5.85. The Hall–Kier alpha value is -1.54. The maximum Gasteiger partial charge on any atom is 0.222 e. The second-order valence-corrected chi connectivity index (χ2v) is 7.77. The van der Waals surface area contributed by atoms with Gasteiger partial charge in [-0.2, -0.15) is 0 Å². The fraction of sp³-hybridized carbons (Fsp3) is 0.545. The van der Waals surface area contributed by atoms with E-state index in [1.54, 1.807) is 4.57 Å². The summed E-state index contributed by atoms with van der Waals surface area (Å²) in [6.07, 6.45) is 2.29. The van der Waals surface area contributed by atoms with Crippen molar-refractivity contribution < 1.29 is 19.3 Å². The molecule has 9 nitrogen and oxygen atoms in total. The third-order valence-electron chi connectivity index (χ3n) is 3.45. The molecule has 0 spiro atoms. The number of rotatable bonds is 5. The zero-order chi connectivity index (χ0) is 15.3. The molecule has 2 heterocycles. The van der Waals surface area contributed by atoms with Gasteiger partial charge in [-0.05, 0) is 0 Å². The Kier molecular flexibility index (Phi) is 3.25. The number of hydrogen-bond acceptors (Lipinski definition) is 7. The van der Waals surface area contributed by atoms with Crippen molar-refractivity contribution in [1.29, 1.82) is 0 Å². The number of nitrogens with zero attached hydrogens (tertiary/aromatic N) is 4. The van der Waals surface area contributed by atoms with Crippen molar-refractivity contribution in [3.05, 3.63) is 12.7 Å². The van der Waals surface area contributed by atoms with E-state index in [1.165, 1.54) is 19.3 Å². The lowest BCUT2D eigenvalue weighted by Crippen LogP contribution is -2.26. The maximum absolute atomic E-state index is 11.3. The molecule has 0 bridgehead atoms. The number of aliphatic hydroxyl groups excluding tert-OH is 1. The van der Waals surface area contributed by atoms with Gasteiger partial charge in [-0.25, -0.2) is 15.0 Å². The minimum absolute atomic E-state index is 0.276. The highest BCUT2D eigenvalue weighted by Crippen LogP contribution is 2.46. The molecule has 0 aliphatic heterocycles. The van der Waals surface area contributed by atoms with Crippen LogP contribution in [0.2, 0.25) is 0 Å². The average Bonchev–Trinajstić information content (AvgIpc) is 2.83. The molecular weight excluding hydrogens is 297 g/mol. The first kappa shape index (κ1) is 14.4. The normalized spacial score (nSPS) is 27.7. The summed E-state index contributed by atoms with van der Waals surface area (Å²) in [5.74, 6) is 0.276. The predicted molar refractivity (Wildman–Crippen MR) is 74.8 cm³/mol. The summed E-state index contributed by atoms with van der Waals surface area (Å²) < 4.78 is 18.5. The van der Waals surface area contributed by atoms with Crippen LogP contribution in [-0.4, -0.2) is 54.2 Å². The van der Waals surface area contributed by atoms with E-state index in [9.17, 15) is 14.6 Å². The van der Waals surface area contributed by atoms with Crippen LogP contribution in [-0.2, 0) is 15.8 Å². The van der Waals surface area contributed by atoms with Crippen molar-refractivity contribution in [3.63, 3.8) is 0 Å². The SMILES string of the molecule is CP(=O)(O)COC1(Cn2cnc3c(N)ncnc32)CC1O. The molecule has 4 N–H and O–H groups in total. The van der Waals surface area contributed by atoms with Crippen molar-refractivity contribution in [2.75, 3.05) is 18.7 Å². The van der Waals surface area contributed by atoms with Crippen LogP contribution in [0.3, 0.4) is 0 Å². The summed E-state index contributed by atoms with van der Waals surface area (Å²) in [6, 6.07) is 0. The first-order valence-electron chi connectivity index (χ1n) is 6.33.